The van der Waals surface area contributed by atoms with Gasteiger partial charge in [0.15, 0.2) is 0 Å². The van der Waals surface area contributed by atoms with E-state index >= 15 is 0 Å². The van der Waals surface area contributed by atoms with Crippen molar-refractivity contribution in [3.8, 4) is 0 Å². The third-order valence-corrected chi connectivity index (χ3v) is 4.63. The van der Waals surface area contributed by atoms with E-state index in [1.54, 1.807) is 6.07 Å². The molecule has 1 N–H and O–H groups in total. The van der Waals surface area contributed by atoms with Gasteiger partial charge < -0.3 is 9.74 Å². The van der Waals surface area contributed by atoms with E-state index in [2.05, 4.69) is 39.2 Å². The van der Waals surface area contributed by atoms with Gasteiger partial charge in [0.1, 0.15) is 6.42 Å². The fraction of sp³-hybridized carbons (Fsp3) is 0.611. The van der Waals surface area contributed by atoms with Gasteiger partial charge in [0.25, 0.3) is 0 Å². The summed E-state index contributed by atoms with van der Waals surface area (Å²) in [4.78, 5) is 11.3. The molecule has 1 radical (unpaired) electrons. The number of benzene rings is 1. The van der Waals surface area contributed by atoms with Gasteiger partial charge in [0.05, 0.1) is 6.10 Å². The average Bonchev–Trinajstić information content (AvgIpc) is 2.43. The molecule has 26 heavy (non-hydrogen) atoms. The van der Waals surface area contributed by atoms with Gasteiger partial charge in [0, 0.05) is 11.6 Å². The van der Waals surface area contributed by atoms with Gasteiger partial charge in [-0.05, 0) is 42.1 Å². The van der Waals surface area contributed by atoms with Crippen molar-refractivity contribution in [1.29, 1.82) is 0 Å². The molecule has 1 aromatic rings. The summed E-state index contributed by atoms with van der Waals surface area (Å²) in [6, 6.07) is 5.49. The van der Waals surface area contributed by atoms with E-state index in [4.69, 9.17) is 16.0 Å². The highest BCUT2D eigenvalue weighted by molar-refractivity contribution is 6.48. The normalized spacial score (nSPS) is 13.8. The highest BCUT2D eigenvalue weighted by Gasteiger charge is 2.31. The third kappa shape index (κ3) is 8.10. The van der Waals surface area contributed by atoms with E-state index in [-0.39, 0.29) is 18.1 Å². The van der Waals surface area contributed by atoms with Crippen molar-refractivity contribution in [2.45, 2.75) is 59.0 Å². The lowest BCUT2D eigenvalue weighted by molar-refractivity contribution is -0.153. The van der Waals surface area contributed by atoms with Gasteiger partial charge in [-0.1, -0.05) is 44.5 Å². The SMILES string of the molecule is C[Si](C)OC(c1cc(CCNC(=O)CC(F)(F)F)ccc1Cl)C(C)(C)C. The Morgan fingerprint density at radius 1 is 1.27 bits per heavy atom. The summed E-state index contributed by atoms with van der Waals surface area (Å²) in [7, 11) is -0.959. The lowest BCUT2D eigenvalue weighted by atomic mass is 9.84. The summed E-state index contributed by atoms with van der Waals surface area (Å²) < 4.78 is 42.7. The highest BCUT2D eigenvalue weighted by atomic mass is 35.5. The maximum atomic E-state index is 12.2. The molecule has 0 heterocycles. The van der Waals surface area contributed by atoms with Gasteiger partial charge >= 0.3 is 6.18 Å². The Morgan fingerprint density at radius 3 is 2.38 bits per heavy atom. The summed E-state index contributed by atoms with van der Waals surface area (Å²) in [5, 5.41) is 2.89. The average molecular weight is 409 g/mol. The molecule has 0 aliphatic heterocycles. The molecule has 0 spiro atoms. The number of rotatable bonds is 7. The number of carbonyl (C=O) groups excluding carboxylic acids is 1. The van der Waals surface area contributed by atoms with Crippen molar-refractivity contribution in [3.05, 3.63) is 34.3 Å². The summed E-state index contributed by atoms with van der Waals surface area (Å²) in [5.41, 5.74) is 1.59. The fourth-order valence-electron chi connectivity index (χ4n) is 2.48. The smallest absolute Gasteiger partial charge is 0.397 e. The Bertz CT molecular complexity index is 615. The molecule has 0 aliphatic rings. The Labute approximate surface area is 160 Å². The van der Waals surface area contributed by atoms with Crippen molar-refractivity contribution in [3.63, 3.8) is 0 Å². The van der Waals surface area contributed by atoms with Gasteiger partial charge in [-0.25, -0.2) is 0 Å². The number of amides is 1. The van der Waals surface area contributed by atoms with E-state index in [0.717, 1.165) is 11.1 Å². The molecule has 1 unspecified atom stereocenters. The first kappa shape index (κ1) is 23.0. The molecule has 1 rings (SSSR count). The summed E-state index contributed by atoms with van der Waals surface area (Å²) in [6.07, 6.45) is -5.72. The van der Waals surface area contributed by atoms with E-state index in [1.807, 2.05) is 12.1 Å². The molecule has 0 aromatic heterocycles. The lowest BCUT2D eigenvalue weighted by Crippen LogP contribution is -2.30. The van der Waals surface area contributed by atoms with Crippen LogP contribution in [0.5, 0.6) is 0 Å². The molecule has 3 nitrogen and oxygen atoms in total. The first-order chi connectivity index (χ1) is 11.8. The molecular weight excluding hydrogens is 383 g/mol. The van der Waals surface area contributed by atoms with Crippen LogP contribution in [0.1, 0.15) is 44.4 Å². The second-order valence-corrected chi connectivity index (χ2v) is 9.98. The first-order valence-corrected chi connectivity index (χ1v) is 11.2. The van der Waals surface area contributed by atoms with Crippen LogP contribution in [0.4, 0.5) is 13.2 Å². The number of alkyl halides is 3. The maximum absolute atomic E-state index is 12.2. The summed E-state index contributed by atoms with van der Waals surface area (Å²) in [6.45, 7) is 10.5. The molecular formula is C18H26ClF3NO2Si. The van der Waals surface area contributed by atoms with Gasteiger partial charge in [-0.15, -0.1) is 0 Å². The van der Waals surface area contributed by atoms with E-state index in [0.29, 0.717) is 11.4 Å². The minimum atomic E-state index is -4.49. The summed E-state index contributed by atoms with van der Waals surface area (Å²) >= 11 is 6.37. The van der Waals surface area contributed by atoms with Crippen LogP contribution < -0.4 is 5.32 Å². The topological polar surface area (TPSA) is 38.3 Å². The van der Waals surface area contributed by atoms with Crippen LogP contribution >= 0.6 is 11.6 Å². The Balaban J connectivity index is 2.84. The largest absolute Gasteiger partial charge is 0.410 e. The first-order valence-electron chi connectivity index (χ1n) is 8.38. The second kappa shape index (κ2) is 9.24. The van der Waals surface area contributed by atoms with E-state index in [1.165, 1.54) is 0 Å². The quantitative estimate of drug-likeness (QED) is 0.621. The van der Waals surface area contributed by atoms with Crippen LogP contribution in [0.15, 0.2) is 18.2 Å². The van der Waals surface area contributed by atoms with E-state index < -0.39 is 27.5 Å². The third-order valence-electron chi connectivity index (χ3n) is 3.58. The van der Waals surface area contributed by atoms with Crippen LogP contribution in [-0.4, -0.2) is 27.7 Å². The predicted octanol–water partition coefficient (Wildman–Crippen LogP) is 5.31. The van der Waals surface area contributed by atoms with Crippen LogP contribution in [0, 0.1) is 5.41 Å². The molecule has 0 aliphatic carbocycles. The molecule has 0 fully saturated rings. The molecule has 8 heteroatoms. The zero-order chi connectivity index (χ0) is 20.1. The zero-order valence-electron chi connectivity index (χ0n) is 15.8. The molecule has 0 bridgehead atoms. The highest BCUT2D eigenvalue weighted by Crippen LogP contribution is 2.40. The van der Waals surface area contributed by atoms with Crippen LogP contribution in [0.3, 0.4) is 0 Å². The molecule has 1 aromatic carbocycles. The van der Waals surface area contributed by atoms with Crippen LogP contribution in [0.2, 0.25) is 18.1 Å². The zero-order valence-corrected chi connectivity index (χ0v) is 17.5. The number of hydrogen-bond acceptors (Lipinski definition) is 2. The fourth-order valence-corrected chi connectivity index (χ4v) is 3.65. The molecule has 1 amide bonds. The lowest BCUT2D eigenvalue weighted by Gasteiger charge is -2.33. The molecule has 0 saturated carbocycles. The molecule has 1 atom stereocenters. The maximum Gasteiger partial charge on any atom is 0.397 e. The monoisotopic (exact) mass is 408 g/mol. The molecule has 147 valence electrons. The summed E-state index contributed by atoms with van der Waals surface area (Å²) in [5.74, 6) is -1.02. The van der Waals surface area contributed by atoms with Crippen molar-refractivity contribution in [2.75, 3.05) is 6.54 Å². The second-order valence-electron chi connectivity index (χ2n) is 7.52. The Kier molecular flexibility index (Phi) is 8.17. The Morgan fingerprint density at radius 2 is 1.88 bits per heavy atom. The van der Waals surface area contributed by atoms with Crippen molar-refractivity contribution in [2.24, 2.45) is 5.41 Å². The van der Waals surface area contributed by atoms with Gasteiger partial charge in [0.2, 0.25) is 14.9 Å². The Hall–Kier alpha value is -1.05. The molecule has 0 saturated heterocycles. The number of halogens is 4. The minimum Gasteiger partial charge on any atom is -0.410 e. The minimum absolute atomic E-state index is 0.133. The van der Waals surface area contributed by atoms with Gasteiger partial charge in [-0.3, -0.25) is 4.79 Å². The number of nitrogens with one attached hydrogen (secondary N) is 1. The van der Waals surface area contributed by atoms with Crippen LogP contribution in [-0.2, 0) is 15.6 Å². The van der Waals surface area contributed by atoms with Crippen molar-refractivity contribution < 1.29 is 22.4 Å². The number of hydrogen-bond donors (Lipinski definition) is 1. The number of carbonyl (C=O) groups is 1. The predicted molar refractivity (Wildman–Crippen MR) is 99.6 cm³/mol. The van der Waals surface area contributed by atoms with E-state index in [9.17, 15) is 18.0 Å². The standard InChI is InChI=1S/C18H26ClF3NO2Si/c1-17(2,3)16(25-26(4)5)13-10-12(6-7-14(13)19)8-9-23-15(24)11-18(20,21)22/h6-7,10,16H,8-9,11H2,1-5H3,(H,23,24). The van der Waals surface area contributed by atoms with Crippen LogP contribution in [0.25, 0.3) is 0 Å². The van der Waals surface area contributed by atoms with Crippen molar-refractivity contribution >= 4 is 26.5 Å². The van der Waals surface area contributed by atoms with Crippen molar-refractivity contribution in [1.82, 2.24) is 5.32 Å². The van der Waals surface area contributed by atoms with Gasteiger partial charge in [-0.2, -0.15) is 13.2 Å².